The van der Waals surface area contributed by atoms with E-state index in [4.69, 9.17) is 10.5 Å². The molecule has 0 aromatic carbocycles. The number of rotatable bonds is 5. The van der Waals surface area contributed by atoms with E-state index >= 15 is 0 Å². The van der Waals surface area contributed by atoms with Crippen LogP contribution in [0.15, 0.2) is 12.2 Å². The predicted molar refractivity (Wildman–Crippen MR) is 66.4 cm³/mol. The second-order valence-electron chi connectivity index (χ2n) is 4.99. The Labute approximate surface area is 98.6 Å². The molecule has 2 N–H and O–H groups in total. The van der Waals surface area contributed by atoms with E-state index in [-0.39, 0.29) is 0 Å². The van der Waals surface area contributed by atoms with E-state index in [0.29, 0.717) is 12.1 Å². The van der Waals surface area contributed by atoms with Gasteiger partial charge in [0.15, 0.2) is 0 Å². The van der Waals surface area contributed by atoms with Crippen LogP contribution in [0.25, 0.3) is 0 Å². The number of ether oxygens (including phenoxy) is 1. The summed E-state index contributed by atoms with van der Waals surface area (Å²) in [6.07, 6.45) is 10.7. The van der Waals surface area contributed by atoms with Gasteiger partial charge in [0.25, 0.3) is 0 Å². The number of nitrogens with zero attached hydrogens (tertiary/aromatic N) is 1. The van der Waals surface area contributed by atoms with Gasteiger partial charge in [-0.05, 0) is 32.1 Å². The molecule has 1 heterocycles. The minimum Gasteiger partial charge on any atom is -0.378 e. The van der Waals surface area contributed by atoms with Crippen LogP contribution in [-0.2, 0) is 4.74 Å². The Bertz CT molecular complexity index is 214. The zero-order valence-electron chi connectivity index (χ0n) is 10.1. The van der Waals surface area contributed by atoms with Gasteiger partial charge < -0.3 is 10.5 Å². The molecule has 1 aliphatic heterocycles. The first kappa shape index (κ1) is 12.1. The van der Waals surface area contributed by atoms with E-state index < -0.39 is 0 Å². The minimum atomic E-state index is 0.426. The maximum atomic E-state index is 5.89. The molecule has 92 valence electrons. The third-order valence-corrected chi connectivity index (χ3v) is 3.58. The second-order valence-corrected chi connectivity index (χ2v) is 4.99. The number of hydrogen-bond donors (Lipinski definition) is 1. The van der Waals surface area contributed by atoms with Crippen LogP contribution in [0.2, 0.25) is 0 Å². The van der Waals surface area contributed by atoms with Crippen LogP contribution < -0.4 is 5.73 Å². The molecule has 2 rings (SSSR count). The molecule has 0 aromatic heterocycles. The van der Waals surface area contributed by atoms with Crippen molar-refractivity contribution in [2.75, 3.05) is 26.2 Å². The molecule has 0 saturated heterocycles. The minimum absolute atomic E-state index is 0.426. The lowest BCUT2D eigenvalue weighted by Crippen LogP contribution is -2.31. The van der Waals surface area contributed by atoms with Crippen molar-refractivity contribution in [2.24, 2.45) is 5.73 Å². The Hall–Kier alpha value is -0.380. The molecule has 0 radical (unpaired) electrons. The van der Waals surface area contributed by atoms with Gasteiger partial charge in [-0.25, -0.2) is 0 Å². The maximum absolute atomic E-state index is 5.89. The summed E-state index contributed by atoms with van der Waals surface area (Å²) >= 11 is 0. The van der Waals surface area contributed by atoms with E-state index in [2.05, 4.69) is 17.1 Å². The Balaban J connectivity index is 1.48. The highest BCUT2D eigenvalue weighted by atomic mass is 16.5. The van der Waals surface area contributed by atoms with Gasteiger partial charge in [-0.1, -0.05) is 12.2 Å². The van der Waals surface area contributed by atoms with Crippen molar-refractivity contribution in [2.45, 2.75) is 44.2 Å². The van der Waals surface area contributed by atoms with Crippen molar-refractivity contribution >= 4 is 0 Å². The van der Waals surface area contributed by atoms with Crippen LogP contribution in [0.1, 0.15) is 32.1 Å². The molecular weight excluding hydrogens is 200 g/mol. The molecule has 0 amide bonds. The Morgan fingerprint density at radius 3 is 2.50 bits per heavy atom. The van der Waals surface area contributed by atoms with Gasteiger partial charge in [-0.15, -0.1) is 0 Å². The molecule has 0 bridgehead atoms. The van der Waals surface area contributed by atoms with Crippen molar-refractivity contribution < 1.29 is 4.74 Å². The first-order valence-corrected chi connectivity index (χ1v) is 6.59. The topological polar surface area (TPSA) is 38.5 Å². The third kappa shape index (κ3) is 3.89. The van der Waals surface area contributed by atoms with Crippen LogP contribution in [-0.4, -0.2) is 43.3 Å². The van der Waals surface area contributed by atoms with Crippen LogP contribution in [0.3, 0.4) is 0 Å². The number of nitrogens with two attached hydrogens (primary N) is 1. The van der Waals surface area contributed by atoms with Gasteiger partial charge in [0, 0.05) is 32.3 Å². The number of hydrogen-bond acceptors (Lipinski definition) is 3. The van der Waals surface area contributed by atoms with Crippen LogP contribution in [0, 0.1) is 0 Å². The molecule has 0 spiro atoms. The average molecular weight is 224 g/mol. The van der Waals surface area contributed by atoms with E-state index in [1.807, 2.05) is 0 Å². The fraction of sp³-hybridized carbons (Fsp3) is 0.846. The Morgan fingerprint density at radius 2 is 1.81 bits per heavy atom. The Morgan fingerprint density at radius 1 is 1.12 bits per heavy atom. The molecule has 0 unspecified atom stereocenters. The maximum Gasteiger partial charge on any atom is 0.0576 e. The summed E-state index contributed by atoms with van der Waals surface area (Å²) in [6.45, 7) is 4.33. The van der Waals surface area contributed by atoms with Gasteiger partial charge in [0.2, 0.25) is 0 Å². The molecule has 0 aromatic rings. The summed E-state index contributed by atoms with van der Waals surface area (Å²) in [7, 11) is 0. The van der Waals surface area contributed by atoms with Crippen LogP contribution in [0.4, 0.5) is 0 Å². The normalized spacial score (nSPS) is 31.1. The van der Waals surface area contributed by atoms with Gasteiger partial charge in [-0.2, -0.15) is 0 Å². The molecule has 1 aliphatic carbocycles. The van der Waals surface area contributed by atoms with E-state index in [1.165, 1.54) is 6.54 Å². The fourth-order valence-electron chi connectivity index (χ4n) is 2.50. The smallest absolute Gasteiger partial charge is 0.0576 e. The quantitative estimate of drug-likeness (QED) is 0.568. The van der Waals surface area contributed by atoms with Gasteiger partial charge in [-0.3, -0.25) is 4.90 Å². The summed E-state index contributed by atoms with van der Waals surface area (Å²) in [5.74, 6) is 0. The highest BCUT2D eigenvalue weighted by molar-refractivity contribution is 4.94. The SMILES string of the molecule is NC1CCC(OCCCN2CC=CC2)CC1. The van der Waals surface area contributed by atoms with Crippen LogP contribution in [0.5, 0.6) is 0 Å². The second kappa shape index (κ2) is 6.38. The molecule has 2 aliphatic rings. The summed E-state index contributed by atoms with van der Waals surface area (Å²) in [4.78, 5) is 2.44. The molecule has 16 heavy (non-hydrogen) atoms. The Kier molecular flexibility index (Phi) is 4.82. The van der Waals surface area contributed by atoms with Crippen LogP contribution >= 0.6 is 0 Å². The first-order chi connectivity index (χ1) is 7.84. The third-order valence-electron chi connectivity index (χ3n) is 3.58. The summed E-state index contributed by atoms with van der Waals surface area (Å²) in [5, 5.41) is 0. The van der Waals surface area contributed by atoms with E-state index in [1.54, 1.807) is 0 Å². The van der Waals surface area contributed by atoms with Gasteiger partial charge in [0.1, 0.15) is 0 Å². The molecule has 1 fully saturated rings. The average Bonchev–Trinajstić information content (AvgIpc) is 2.80. The predicted octanol–water partition coefficient (Wildman–Crippen LogP) is 1.53. The lowest BCUT2D eigenvalue weighted by molar-refractivity contribution is 0.0213. The van der Waals surface area contributed by atoms with Crippen molar-refractivity contribution in [3.63, 3.8) is 0 Å². The van der Waals surface area contributed by atoms with E-state index in [9.17, 15) is 0 Å². The molecule has 3 heteroatoms. The monoisotopic (exact) mass is 224 g/mol. The van der Waals surface area contributed by atoms with Crippen molar-refractivity contribution in [1.82, 2.24) is 4.90 Å². The fourth-order valence-corrected chi connectivity index (χ4v) is 2.50. The summed E-state index contributed by atoms with van der Waals surface area (Å²) in [6, 6.07) is 0.426. The highest BCUT2D eigenvalue weighted by Crippen LogP contribution is 2.19. The summed E-state index contributed by atoms with van der Waals surface area (Å²) < 4.78 is 5.89. The highest BCUT2D eigenvalue weighted by Gasteiger charge is 2.18. The van der Waals surface area contributed by atoms with Gasteiger partial charge >= 0.3 is 0 Å². The van der Waals surface area contributed by atoms with Crippen molar-refractivity contribution in [3.8, 4) is 0 Å². The lowest BCUT2D eigenvalue weighted by Gasteiger charge is -2.26. The van der Waals surface area contributed by atoms with Crippen molar-refractivity contribution in [1.29, 1.82) is 0 Å². The van der Waals surface area contributed by atoms with Crippen molar-refractivity contribution in [3.05, 3.63) is 12.2 Å². The zero-order valence-corrected chi connectivity index (χ0v) is 10.1. The lowest BCUT2D eigenvalue weighted by atomic mass is 9.94. The molecular formula is C13H24N2O. The standard InChI is InChI=1S/C13H24N2O/c14-12-4-6-13(7-5-12)16-11-3-10-15-8-1-2-9-15/h1-2,12-13H,3-11,14H2. The zero-order chi connectivity index (χ0) is 11.2. The summed E-state index contributed by atoms with van der Waals surface area (Å²) in [5.41, 5.74) is 5.87. The molecule has 3 nitrogen and oxygen atoms in total. The molecule has 1 saturated carbocycles. The largest absolute Gasteiger partial charge is 0.378 e. The van der Waals surface area contributed by atoms with Gasteiger partial charge in [0.05, 0.1) is 6.10 Å². The van der Waals surface area contributed by atoms with E-state index in [0.717, 1.165) is 51.8 Å². The first-order valence-electron chi connectivity index (χ1n) is 6.59. The molecule has 0 atom stereocenters.